The Labute approximate surface area is 154 Å². The summed E-state index contributed by atoms with van der Waals surface area (Å²) < 4.78 is 1.89. The number of piperazine rings is 1. The Hall–Kier alpha value is -1.70. The standard InChI is InChI=1S/C17H18ClN3O3S/c1-19-2-4-20(5-3-19)14-12(18)8-10-13-16(14)25-7-6-21(13)9-11(15(10)22)17(23)24/h8-9H,2-7H2,1H3,(H,23,24). The third kappa shape index (κ3) is 2.70. The average molecular weight is 380 g/mol. The molecule has 2 aliphatic heterocycles. The first-order valence-electron chi connectivity index (χ1n) is 8.16. The first-order valence-corrected chi connectivity index (χ1v) is 9.53. The molecule has 0 saturated carbocycles. The van der Waals surface area contributed by atoms with Gasteiger partial charge in [0.2, 0.25) is 5.43 Å². The number of hydrogen-bond donors (Lipinski definition) is 1. The maximum Gasteiger partial charge on any atom is 0.341 e. The molecule has 1 N–H and O–H groups in total. The smallest absolute Gasteiger partial charge is 0.341 e. The predicted octanol–water partition coefficient (Wildman–Crippen LogP) is 2.21. The molecule has 0 radical (unpaired) electrons. The lowest BCUT2D eigenvalue weighted by molar-refractivity contribution is 0.0695. The average Bonchev–Trinajstić information content (AvgIpc) is 2.58. The number of benzene rings is 1. The highest BCUT2D eigenvalue weighted by Gasteiger charge is 2.27. The number of aryl methyl sites for hydroxylation is 1. The number of carbonyl (C=O) groups is 1. The fourth-order valence-electron chi connectivity index (χ4n) is 3.52. The molecule has 2 aromatic rings. The molecule has 8 heteroatoms. The van der Waals surface area contributed by atoms with Gasteiger partial charge in [-0.15, -0.1) is 11.8 Å². The van der Waals surface area contributed by atoms with Crippen molar-refractivity contribution in [1.82, 2.24) is 9.47 Å². The molecule has 4 rings (SSSR count). The number of aromatic nitrogens is 1. The summed E-state index contributed by atoms with van der Waals surface area (Å²) in [6.07, 6.45) is 1.47. The fraction of sp³-hybridized carbons (Fsp3) is 0.412. The van der Waals surface area contributed by atoms with Crippen molar-refractivity contribution < 1.29 is 9.90 Å². The summed E-state index contributed by atoms with van der Waals surface area (Å²) in [5.74, 6) is -0.375. The number of halogens is 1. The van der Waals surface area contributed by atoms with Crippen LogP contribution in [0.25, 0.3) is 10.9 Å². The maximum atomic E-state index is 12.6. The highest BCUT2D eigenvalue weighted by Crippen LogP contribution is 2.43. The second-order valence-electron chi connectivity index (χ2n) is 6.44. The van der Waals surface area contributed by atoms with Gasteiger partial charge in [-0.25, -0.2) is 4.79 Å². The first-order chi connectivity index (χ1) is 12.0. The molecule has 3 heterocycles. The fourth-order valence-corrected chi connectivity index (χ4v) is 5.14. The number of pyridine rings is 1. The van der Waals surface area contributed by atoms with E-state index in [2.05, 4.69) is 16.8 Å². The third-order valence-electron chi connectivity index (χ3n) is 4.87. The van der Waals surface area contributed by atoms with Crippen molar-refractivity contribution in [2.45, 2.75) is 11.4 Å². The van der Waals surface area contributed by atoms with Crippen LogP contribution in [0.5, 0.6) is 0 Å². The van der Waals surface area contributed by atoms with Crippen LogP contribution in [0.4, 0.5) is 5.69 Å². The molecule has 0 amide bonds. The number of carboxylic acids is 1. The van der Waals surface area contributed by atoms with Crippen LogP contribution < -0.4 is 10.3 Å². The number of carboxylic acid groups (broad SMARTS) is 1. The number of rotatable bonds is 2. The van der Waals surface area contributed by atoms with Crippen LogP contribution in [0.2, 0.25) is 5.02 Å². The molecular weight excluding hydrogens is 362 g/mol. The van der Waals surface area contributed by atoms with Crippen LogP contribution in [0.15, 0.2) is 22.0 Å². The summed E-state index contributed by atoms with van der Waals surface area (Å²) in [6, 6.07) is 1.64. The zero-order valence-corrected chi connectivity index (χ0v) is 15.4. The first kappa shape index (κ1) is 16.8. The van der Waals surface area contributed by atoms with Crippen LogP contribution in [0.1, 0.15) is 10.4 Å². The van der Waals surface area contributed by atoms with E-state index < -0.39 is 11.4 Å². The van der Waals surface area contributed by atoms with Crippen LogP contribution in [0, 0.1) is 0 Å². The van der Waals surface area contributed by atoms with Crippen molar-refractivity contribution >= 4 is 45.9 Å². The molecule has 1 fully saturated rings. The van der Waals surface area contributed by atoms with E-state index in [0.717, 1.165) is 48.0 Å². The van der Waals surface area contributed by atoms with Crippen LogP contribution in [-0.4, -0.2) is 59.5 Å². The molecular formula is C17H18ClN3O3S. The zero-order chi connectivity index (χ0) is 17.7. The summed E-state index contributed by atoms with van der Waals surface area (Å²) in [7, 11) is 2.10. The number of hydrogen-bond acceptors (Lipinski definition) is 5. The van der Waals surface area contributed by atoms with Gasteiger partial charge in [0.05, 0.1) is 21.1 Å². The summed E-state index contributed by atoms with van der Waals surface area (Å²) >= 11 is 8.27. The molecule has 1 aromatic heterocycles. The summed E-state index contributed by atoms with van der Waals surface area (Å²) in [5.41, 5.74) is 1.12. The van der Waals surface area contributed by atoms with Crippen molar-refractivity contribution in [3.63, 3.8) is 0 Å². The van der Waals surface area contributed by atoms with Crippen LogP contribution in [-0.2, 0) is 6.54 Å². The SMILES string of the molecule is CN1CCN(c2c(Cl)cc3c(=O)c(C(=O)O)cn4c3c2SCC4)CC1. The Morgan fingerprint density at radius 2 is 1.96 bits per heavy atom. The van der Waals surface area contributed by atoms with Crippen molar-refractivity contribution in [3.8, 4) is 0 Å². The molecule has 2 aliphatic rings. The summed E-state index contributed by atoms with van der Waals surface area (Å²) in [4.78, 5) is 29.6. The van der Waals surface area contributed by atoms with Gasteiger partial charge in [-0.3, -0.25) is 4.79 Å². The van der Waals surface area contributed by atoms with Crippen molar-refractivity contribution in [2.24, 2.45) is 0 Å². The second kappa shape index (κ2) is 6.23. The Morgan fingerprint density at radius 1 is 1.24 bits per heavy atom. The maximum absolute atomic E-state index is 12.6. The topological polar surface area (TPSA) is 65.8 Å². The molecule has 0 bridgehead atoms. The molecule has 0 aliphatic carbocycles. The molecule has 6 nitrogen and oxygen atoms in total. The Bertz CT molecular complexity index is 935. The van der Waals surface area contributed by atoms with E-state index in [0.29, 0.717) is 17.0 Å². The van der Waals surface area contributed by atoms with E-state index in [1.54, 1.807) is 17.8 Å². The molecule has 1 aromatic carbocycles. The van der Waals surface area contributed by atoms with Crippen LogP contribution >= 0.6 is 23.4 Å². The van der Waals surface area contributed by atoms with Gasteiger partial charge >= 0.3 is 5.97 Å². The third-order valence-corrected chi connectivity index (χ3v) is 6.22. The van der Waals surface area contributed by atoms with Crippen LogP contribution in [0.3, 0.4) is 0 Å². The summed E-state index contributed by atoms with van der Waals surface area (Å²) in [5, 5.41) is 10.2. The lowest BCUT2D eigenvalue weighted by Gasteiger charge is -2.36. The number of thioether (sulfide) groups is 1. The van der Waals surface area contributed by atoms with Gasteiger partial charge in [0, 0.05) is 50.1 Å². The van der Waals surface area contributed by atoms with Gasteiger partial charge in [-0.2, -0.15) is 0 Å². The van der Waals surface area contributed by atoms with Gasteiger partial charge in [0.15, 0.2) is 0 Å². The van der Waals surface area contributed by atoms with E-state index in [4.69, 9.17) is 11.6 Å². The lowest BCUT2D eigenvalue weighted by atomic mass is 10.1. The number of likely N-dealkylation sites (N-methyl/N-ethyl adjacent to an activating group) is 1. The number of aromatic carboxylic acids is 1. The molecule has 1 saturated heterocycles. The largest absolute Gasteiger partial charge is 0.477 e. The second-order valence-corrected chi connectivity index (χ2v) is 7.95. The quantitative estimate of drug-likeness (QED) is 0.863. The van der Waals surface area contributed by atoms with Gasteiger partial charge in [0.1, 0.15) is 5.56 Å². The molecule has 0 atom stereocenters. The monoisotopic (exact) mass is 379 g/mol. The molecule has 25 heavy (non-hydrogen) atoms. The minimum atomic E-state index is -1.20. The Morgan fingerprint density at radius 3 is 2.64 bits per heavy atom. The molecule has 0 unspecified atom stereocenters. The van der Waals surface area contributed by atoms with Crippen molar-refractivity contribution in [1.29, 1.82) is 0 Å². The molecule has 0 spiro atoms. The minimum absolute atomic E-state index is 0.200. The molecule has 132 valence electrons. The van der Waals surface area contributed by atoms with Crippen molar-refractivity contribution in [3.05, 3.63) is 33.1 Å². The van der Waals surface area contributed by atoms with Gasteiger partial charge < -0.3 is 19.5 Å². The predicted molar refractivity (Wildman–Crippen MR) is 101 cm³/mol. The van der Waals surface area contributed by atoms with Gasteiger partial charge in [0.25, 0.3) is 0 Å². The van der Waals surface area contributed by atoms with E-state index in [1.807, 2.05) is 4.57 Å². The van der Waals surface area contributed by atoms with E-state index in [1.165, 1.54) is 6.20 Å². The Kier molecular flexibility index (Phi) is 4.17. The van der Waals surface area contributed by atoms with E-state index in [9.17, 15) is 14.7 Å². The van der Waals surface area contributed by atoms with Gasteiger partial charge in [-0.1, -0.05) is 11.6 Å². The Balaban J connectivity index is 1.97. The highest BCUT2D eigenvalue weighted by atomic mass is 35.5. The van der Waals surface area contributed by atoms with E-state index in [-0.39, 0.29) is 5.56 Å². The van der Waals surface area contributed by atoms with E-state index >= 15 is 0 Å². The number of nitrogens with zero attached hydrogens (tertiary/aromatic N) is 3. The number of anilines is 1. The normalized spacial score (nSPS) is 17.9. The lowest BCUT2D eigenvalue weighted by Crippen LogP contribution is -2.45. The van der Waals surface area contributed by atoms with Crippen molar-refractivity contribution in [2.75, 3.05) is 43.9 Å². The zero-order valence-electron chi connectivity index (χ0n) is 13.8. The minimum Gasteiger partial charge on any atom is -0.477 e. The van der Waals surface area contributed by atoms with Gasteiger partial charge in [-0.05, 0) is 13.1 Å². The summed E-state index contributed by atoms with van der Waals surface area (Å²) in [6.45, 7) is 4.37. The highest BCUT2D eigenvalue weighted by molar-refractivity contribution is 7.99.